The third-order valence-electron chi connectivity index (χ3n) is 1.98. The Morgan fingerprint density at radius 2 is 2.29 bits per heavy atom. The van der Waals surface area contributed by atoms with Crippen LogP contribution in [0.15, 0.2) is 18.2 Å². The standard InChI is InChI=1S/C13H12ClNO2/c1-10(17)15-7-3-2-4-11-5-6-13(14)12(8-11)9-16/h5-6,8-9H,3,7H2,1H3,(H,15,17). The number of hydrogen-bond acceptors (Lipinski definition) is 2. The van der Waals surface area contributed by atoms with Crippen LogP contribution in [0.1, 0.15) is 29.3 Å². The van der Waals surface area contributed by atoms with Crippen LogP contribution in [0.5, 0.6) is 0 Å². The molecular weight excluding hydrogens is 238 g/mol. The Morgan fingerprint density at radius 1 is 1.53 bits per heavy atom. The second-order valence-corrected chi connectivity index (χ2v) is 3.80. The molecule has 3 nitrogen and oxygen atoms in total. The maximum Gasteiger partial charge on any atom is 0.216 e. The number of nitrogens with one attached hydrogen (secondary N) is 1. The molecule has 0 fully saturated rings. The average molecular weight is 250 g/mol. The van der Waals surface area contributed by atoms with E-state index in [-0.39, 0.29) is 5.91 Å². The van der Waals surface area contributed by atoms with Crippen LogP contribution < -0.4 is 5.32 Å². The molecule has 0 aliphatic carbocycles. The SMILES string of the molecule is CC(=O)NCCC#Cc1ccc(Cl)c(C=O)c1. The van der Waals surface area contributed by atoms with Gasteiger partial charge in [-0.1, -0.05) is 23.4 Å². The van der Waals surface area contributed by atoms with Gasteiger partial charge in [0.1, 0.15) is 0 Å². The molecule has 0 aliphatic rings. The highest BCUT2D eigenvalue weighted by Crippen LogP contribution is 2.14. The summed E-state index contributed by atoms with van der Waals surface area (Å²) in [4.78, 5) is 21.2. The van der Waals surface area contributed by atoms with Crippen LogP contribution in [0.4, 0.5) is 0 Å². The third-order valence-corrected chi connectivity index (χ3v) is 2.32. The average Bonchev–Trinajstić information content (AvgIpc) is 2.30. The van der Waals surface area contributed by atoms with Crippen molar-refractivity contribution in [1.29, 1.82) is 0 Å². The highest BCUT2D eigenvalue weighted by atomic mass is 35.5. The number of halogens is 1. The summed E-state index contributed by atoms with van der Waals surface area (Å²) in [6, 6.07) is 5.03. The van der Waals surface area contributed by atoms with E-state index < -0.39 is 0 Å². The second-order valence-electron chi connectivity index (χ2n) is 3.39. The molecule has 0 bridgehead atoms. The van der Waals surface area contributed by atoms with Crippen molar-refractivity contribution in [3.8, 4) is 11.8 Å². The molecule has 17 heavy (non-hydrogen) atoms. The van der Waals surface area contributed by atoms with Crippen LogP contribution in [-0.2, 0) is 4.79 Å². The normalized spacial score (nSPS) is 9.06. The van der Waals surface area contributed by atoms with Gasteiger partial charge in [-0.3, -0.25) is 9.59 Å². The summed E-state index contributed by atoms with van der Waals surface area (Å²) in [5.74, 6) is 5.74. The summed E-state index contributed by atoms with van der Waals surface area (Å²) in [7, 11) is 0. The Kier molecular flexibility index (Phi) is 5.25. The van der Waals surface area contributed by atoms with Crippen LogP contribution >= 0.6 is 11.6 Å². The first-order chi connectivity index (χ1) is 8.13. The van der Waals surface area contributed by atoms with Crippen molar-refractivity contribution >= 4 is 23.8 Å². The van der Waals surface area contributed by atoms with Gasteiger partial charge in [-0.05, 0) is 18.2 Å². The van der Waals surface area contributed by atoms with Gasteiger partial charge in [-0.2, -0.15) is 0 Å². The number of carbonyl (C=O) groups is 2. The molecule has 0 radical (unpaired) electrons. The second kappa shape index (κ2) is 6.72. The topological polar surface area (TPSA) is 46.2 Å². The van der Waals surface area contributed by atoms with Gasteiger partial charge in [0.15, 0.2) is 6.29 Å². The van der Waals surface area contributed by atoms with Gasteiger partial charge in [-0.15, -0.1) is 0 Å². The fourth-order valence-electron chi connectivity index (χ4n) is 1.18. The van der Waals surface area contributed by atoms with Gasteiger partial charge in [0.05, 0.1) is 5.02 Å². The van der Waals surface area contributed by atoms with Crippen molar-refractivity contribution in [2.24, 2.45) is 0 Å². The van der Waals surface area contributed by atoms with Crippen LogP contribution in [0, 0.1) is 11.8 Å². The molecule has 1 aromatic carbocycles. The lowest BCUT2D eigenvalue weighted by atomic mass is 10.1. The van der Waals surface area contributed by atoms with Crippen LogP contribution in [0.2, 0.25) is 5.02 Å². The molecule has 1 N–H and O–H groups in total. The van der Waals surface area contributed by atoms with E-state index in [2.05, 4.69) is 17.2 Å². The van der Waals surface area contributed by atoms with E-state index >= 15 is 0 Å². The van der Waals surface area contributed by atoms with Crippen LogP contribution in [-0.4, -0.2) is 18.7 Å². The maximum atomic E-state index is 10.7. The molecule has 0 aliphatic heterocycles. The summed E-state index contributed by atoms with van der Waals surface area (Å²) in [6.45, 7) is 1.99. The lowest BCUT2D eigenvalue weighted by Gasteiger charge is -1.97. The number of amides is 1. The Morgan fingerprint density at radius 3 is 2.94 bits per heavy atom. The molecule has 1 rings (SSSR count). The lowest BCUT2D eigenvalue weighted by molar-refractivity contribution is -0.118. The third kappa shape index (κ3) is 4.71. The number of benzene rings is 1. The first-order valence-corrected chi connectivity index (χ1v) is 5.49. The fourth-order valence-corrected chi connectivity index (χ4v) is 1.34. The molecule has 1 amide bonds. The molecule has 0 aromatic heterocycles. The largest absolute Gasteiger partial charge is 0.355 e. The molecule has 1 aromatic rings. The first kappa shape index (κ1) is 13.3. The smallest absolute Gasteiger partial charge is 0.216 e. The molecule has 0 saturated heterocycles. The Labute approximate surface area is 105 Å². The molecule has 0 spiro atoms. The molecular formula is C13H12ClNO2. The molecule has 0 heterocycles. The van der Waals surface area contributed by atoms with Crippen molar-refractivity contribution < 1.29 is 9.59 Å². The van der Waals surface area contributed by atoms with Gasteiger partial charge in [0.25, 0.3) is 0 Å². The quantitative estimate of drug-likeness (QED) is 0.506. The summed E-state index contributed by atoms with van der Waals surface area (Å²) in [5, 5.41) is 3.06. The highest BCUT2D eigenvalue weighted by Gasteiger charge is 1.98. The fraction of sp³-hybridized carbons (Fsp3) is 0.231. The molecule has 88 valence electrons. The first-order valence-electron chi connectivity index (χ1n) is 5.11. The van der Waals surface area contributed by atoms with E-state index in [1.807, 2.05) is 0 Å². The van der Waals surface area contributed by atoms with Gasteiger partial charge in [0.2, 0.25) is 5.91 Å². The van der Waals surface area contributed by atoms with E-state index in [1.54, 1.807) is 18.2 Å². The molecule has 0 atom stereocenters. The molecule has 0 unspecified atom stereocenters. The van der Waals surface area contributed by atoms with E-state index in [9.17, 15) is 9.59 Å². The maximum absolute atomic E-state index is 10.7. The van der Waals surface area contributed by atoms with Crippen molar-refractivity contribution in [2.75, 3.05) is 6.54 Å². The van der Waals surface area contributed by atoms with Gasteiger partial charge in [-0.25, -0.2) is 0 Å². The highest BCUT2D eigenvalue weighted by molar-refractivity contribution is 6.32. The summed E-state index contributed by atoms with van der Waals surface area (Å²) in [5.41, 5.74) is 1.17. The van der Waals surface area contributed by atoms with Crippen LogP contribution in [0.25, 0.3) is 0 Å². The Hall–Kier alpha value is -1.79. The zero-order valence-electron chi connectivity index (χ0n) is 9.42. The van der Waals surface area contributed by atoms with Crippen molar-refractivity contribution in [2.45, 2.75) is 13.3 Å². The van der Waals surface area contributed by atoms with Crippen molar-refractivity contribution in [3.63, 3.8) is 0 Å². The monoisotopic (exact) mass is 249 g/mol. The van der Waals surface area contributed by atoms with Crippen molar-refractivity contribution in [1.82, 2.24) is 5.32 Å². The predicted molar refractivity (Wildman–Crippen MR) is 67.0 cm³/mol. The van der Waals surface area contributed by atoms with Crippen LogP contribution in [0.3, 0.4) is 0 Å². The van der Waals surface area contributed by atoms with Gasteiger partial charge < -0.3 is 5.32 Å². The van der Waals surface area contributed by atoms with E-state index in [0.29, 0.717) is 29.8 Å². The van der Waals surface area contributed by atoms with E-state index in [4.69, 9.17) is 11.6 Å². The Balaban J connectivity index is 2.60. The zero-order valence-corrected chi connectivity index (χ0v) is 10.2. The number of rotatable bonds is 3. The molecule has 4 heteroatoms. The predicted octanol–water partition coefficient (Wildman–Crippen LogP) is 2.03. The number of aldehydes is 1. The minimum Gasteiger partial charge on any atom is -0.355 e. The lowest BCUT2D eigenvalue weighted by Crippen LogP contribution is -2.20. The van der Waals surface area contributed by atoms with E-state index in [0.717, 1.165) is 5.56 Å². The number of hydrogen-bond donors (Lipinski definition) is 1. The minimum absolute atomic E-state index is 0.0680. The minimum atomic E-state index is -0.0680. The van der Waals surface area contributed by atoms with Gasteiger partial charge in [0, 0.05) is 31.0 Å². The van der Waals surface area contributed by atoms with Gasteiger partial charge >= 0.3 is 0 Å². The Bertz CT molecular complexity index is 486. The van der Waals surface area contributed by atoms with Crippen molar-refractivity contribution in [3.05, 3.63) is 34.3 Å². The number of carbonyl (C=O) groups excluding carboxylic acids is 2. The summed E-state index contributed by atoms with van der Waals surface area (Å²) < 4.78 is 0. The zero-order chi connectivity index (χ0) is 12.7. The molecule has 0 saturated carbocycles. The summed E-state index contributed by atoms with van der Waals surface area (Å²) in [6.07, 6.45) is 1.27. The summed E-state index contributed by atoms with van der Waals surface area (Å²) >= 11 is 5.79. The van der Waals surface area contributed by atoms with E-state index in [1.165, 1.54) is 6.92 Å².